The lowest BCUT2D eigenvalue weighted by Crippen LogP contribution is -2.52. The Kier molecular flexibility index (Phi) is 5.47. The highest BCUT2D eigenvalue weighted by atomic mass is 35.5. The van der Waals surface area contributed by atoms with E-state index in [1.807, 2.05) is 0 Å². The van der Waals surface area contributed by atoms with E-state index in [4.69, 9.17) is 5.73 Å². The molecule has 0 bridgehead atoms. The van der Waals surface area contributed by atoms with Gasteiger partial charge in [0, 0.05) is 18.0 Å². The van der Waals surface area contributed by atoms with E-state index in [2.05, 4.69) is 19.2 Å². The van der Waals surface area contributed by atoms with E-state index < -0.39 is 0 Å². The third-order valence-electron chi connectivity index (χ3n) is 4.35. The molecule has 1 unspecified atom stereocenters. The fourth-order valence-corrected chi connectivity index (χ4v) is 3.10. The largest absolute Gasteiger partial charge is 0.351 e. The summed E-state index contributed by atoms with van der Waals surface area (Å²) in [6, 6.07) is 0.229. The molecule has 18 heavy (non-hydrogen) atoms. The van der Waals surface area contributed by atoms with Crippen molar-refractivity contribution in [3.63, 3.8) is 0 Å². The Morgan fingerprint density at radius 3 is 2.33 bits per heavy atom. The zero-order chi connectivity index (χ0) is 12.5. The molecular formula is C14H27ClN2O. The lowest BCUT2D eigenvalue weighted by molar-refractivity contribution is -0.138. The standard InChI is InChI=1S/C14H26N2O.ClH/c1-10(2)8-14(6-3-7-14)13(17)16-12(9-15)11-4-5-11;/h10-12H,3-9,15H2,1-2H3,(H,16,17);1H. The first-order valence-electron chi connectivity index (χ1n) is 7.08. The Bertz CT molecular complexity index is 286. The van der Waals surface area contributed by atoms with E-state index in [0.29, 0.717) is 18.4 Å². The smallest absolute Gasteiger partial charge is 0.226 e. The van der Waals surface area contributed by atoms with E-state index in [1.165, 1.54) is 19.3 Å². The number of rotatable bonds is 6. The summed E-state index contributed by atoms with van der Waals surface area (Å²) in [5, 5.41) is 3.21. The number of carbonyl (C=O) groups is 1. The lowest BCUT2D eigenvalue weighted by atomic mass is 9.64. The third kappa shape index (κ3) is 3.39. The SMILES string of the molecule is CC(C)CC1(C(=O)NC(CN)C2CC2)CCC1.Cl. The first-order chi connectivity index (χ1) is 8.07. The van der Waals surface area contributed by atoms with Gasteiger partial charge in [0.1, 0.15) is 0 Å². The summed E-state index contributed by atoms with van der Waals surface area (Å²) in [5.41, 5.74) is 5.69. The lowest BCUT2D eigenvalue weighted by Gasteiger charge is -2.42. The molecule has 2 aliphatic rings. The molecule has 0 aromatic heterocycles. The minimum Gasteiger partial charge on any atom is -0.351 e. The van der Waals surface area contributed by atoms with Crippen LogP contribution in [-0.2, 0) is 4.79 Å². The predicted molar refractivity (Wildman–Crippen MR) is 76.7 cm³/mol. The number of hydrogen-bond acceptors (Lipinski definition) is 2. The number of hydrogen-bond donors (Lipinski definition) is 2. The van der Waals surface area contributed by atoms with Crippen LogP contribution in [0.3, 0.4) is 0 Å². The van der Waals surface area contributed by atoms with E-state index in [1.54, 1.807) is 0 Å². The van der Waals surface area contributed by atoms with Gasteiger partial charge in [0.05, 0.1) is 0 Å². The molecule has 3 N–H and O–H groups in total. The molecule has 2 saturated carbocycles. The highest BCUT2D eigenvalue weighted by Gasteiger charge is 2.45. The van der Waals surface area contributed by atoms with Gasteiger partial charge in [-0.3, -0.25) is 4.79 Å². The number of amides is 1. The molecule has 0 aromatic carbocycles. The normalized spacial score (nSPS) is 22.9. The Morgan fingerprint density at radius 2 is 2.00 bits per heavy atom. The van der Waals surface area contributed by atoms with E-state index in [-0.39, 0.29) is 29.8 Å². The monoisotopic (exact) mass is 274 g/mol. The fourth-order valence-electron chi connectivity index (χ4n) is 3.10. The molecule has 1 atom stereocenters. The van der Waals surface area contributed by atoms with Crippen LogP contribution in [0, 0.1) is 17.3 Å². The van der Waals surface area contributed by atoms with Gasteiger partial charge in [0.15, 0.2) is 0 Å². The Hall–Kier alpha value is -0.280. The predicted octanol–water partition coefficient (Wildman–Crippen LogP) is 2.48. The topological polar surface area (TPSA) is 55.1 Å². The molecule has 2 fully saturated rings. The quantitative estimate of drug-likeness (QED) is 0.782. The summed E-state index contributed by atoms with van der Waals surface area (Å²) in [6.45, 7) is 5.00. The van der Waals surface area contributed by atoms with Crippen LogP contribution in [0.2, 0.25) is 0 Å². The summed E-state index contributed by atoms with van der Waals surface area (Å²) in [6.07, 6.45) is 6.84. The molecule has 0 spiro atoms. The molecule has 0 aromatic rings. The zero-order valence-electron chi connectivity index (χ0n) is 11.6. The van der Waals surface area contributed by atoms with Gasteiger partial charge >= 0.3 is 0 Å². The van der Waals surface area contributed by atoms with Crippen molar-refractivity contribution < 1.29 is 4.79 Å². The first kappa shape index (κ1) is 15.8. The molecule has 2 aliphatic carbocycles. The summed E-state index contributed by atoms with van der Waals surface area (Å²) in [7, 11) is 0. The average Bonchev–Trinajstić information content (AvgIpc) is 3.02. The average molecular weight is 275 g/mol. The summed E-state index contributed by atoms with van der Waals surface area (Å²) in [5.74, 6) is 1.53. The molecule has 0 heterocycles. The van der Waals surface area contributed by atoms with Gasteiger partial charge in [0.2, 0.25) is 5.91 Å². The molecule has 0 aliphatic heterocycles. The summed E-state index contributed by atoms with van der Waals surface area (Å²) < 4.78 is 0. The summed E-state index contributed by atoms with van der Waals surface area (Å²) >= 11 is 0. The summed E-state index contributed by atoms with van der Waals surface area (Å²) in [4.78, 5) is 12.4. The second kappa shape index (κ2) is 6.25. The van der Waals surface area contributed by atoms with Crippen molar-refractivity contribution in [2.75, 3.05) is 6.54 Å². The number of carbonyl (C=O) groups excluding carboxylic acids is 1. The van der Waals surface area contributed by atoms with Gasteiger partial charge < -0.3 is 11.1 Å². The molecule has 1 amide bonds. The van der Waals surface area contributed by atoms with Crippen LogP contribution in [-0.4, -0.2) is 18.5 Å². The number of nitrogens with one attached hydrogen (secondary N) is 1. The van der Waals surface area contributed by atoms with Crippen LogP contribution in [0.4, 0.5) is 0 Å². The maximum Gasteiger partial charge on any atom is 0.226 e. The molecule has 0 radical (unpaired) electrons. The second-order valence-corrected chi connectivity index (χ2v) is 6.38. The van der Waals surface area contributed by atoms with Gasteiger partial charge in [-0.15, -0.1) is 12.4 Å². The maximum absolute atomic E-state index is 12.4. The minimum absolute atomic E-state index is 0. The van der Waals surface area contributed by atoms with Crippen molar-refractivity contribution in [2.24, 2.45) is 23.0 Å². The Morgan fingerprint density at radius 1 is 1.39 bits per heavy atom. The van der Waals surface area contributed by atoms with Gasteiger partial charge in [-0.1, -0.05) is 20.3 Å². The van der Waals surface area contributed by atoms with Crippen LogP contribution in [0.1, 0.15) is 52.4 Å². The number of halogens is 1. The highest BCUT2D eigenvalue weighted by Crippen LogP contribution is 2.46. The highest BCUT2D eigenvalue weighted by molar-refractivity contribution is 5.85. The Labute approximate surface area is 117 Å². The van der Waals surface area contributed by atoms with Crippen molar-refractivity contribution >= 4 is 18.3 Å². The van der Waals surface area contributed by atoms with Crippen molar-refractivity contribution in [3.8, 4) is 0 Å². The Balaban J connectivity index is 0.00000162. The van der Waals surface area contributed by atoms with Crippen LogP contribution in [0.15, 0.2) is 0 Å². The minimum atomic E-state index is -0.0591. The van der Waals surface area contributed by atoms with Crippen LogP contribution >= 0.6 is 12.4 Å². The van der Waals surface area contributed by atoms with Crippen molar-refractivity contribution in [3.05, 3.63) is 0 Å². The molecule has 3 nitrogen and oxygen atoms in total. The second-order valence-electron chi connectivity index (χ2n) is 6.38. The van der Waals surface area contributed by atoms with E-state index in [0.717, 1.165) is 19.3 Å². The molecule has 4 heteroatoms. The van der Waals surface area contributed by atoms with Crippen molar-refractivity contribution in [2.45, 2.75) is 58.4 Å². The van der Waals surface area contributed by atoms with E-state index >= 15 is 0 Å². The molecule has 2 rings (SSSR count). The zero-order valence-corrected chi connectivity index (χ0v) is 12.4. The third-order valence-corrected chi connectivity index (χ3v) is 4.35. The van der Waals surface area contributed by atoms with Crippen LogP contribution in [0.5, 0.6) is 0 Å². The molecule has 0 saturated heterocycles. The molecular weight excluding hydrogens is 248 g/mol. The maximum atomic E-state index is 12.4. The van der Waals surface area contributed by atoms with Crippen LogP contribution < -0.4 is 11.1 Å². The van der Waals surface area contributed by atoms with Gasteiger partial charge in [0.25, 0.3) is 0 Å². The van der Waals surface area contributed by atoms with Crippen molar-refractivity contribution in [1.29, 1.82) is 0 Å². The molecule has 106 valence electrons. The fraction of sp³-hybridized carbons (Fsp3) is 0.929. The van der Waals surface area contributed by atoms with E-state index in [9.17, 15) is 4.79 Å². The van der Waals surface area contributed by atoms with Gasteiger partial charge in [-0.25, -0.2) is 0 Å². The van der Waals surface area contributed by atoms with Crippen molar-refractivity contribution in [1.82, 2.24) is 5.32 Å². The van der Waals surface area contributed by atoms with Gasteiger partial charge in [-0.05, 0) is 43.9 Å². The van der Waals surface area contributed by atoms with Crippen LogP contribution in [0.25, 0.3) is 0 Å². The van der Waals surface area contributed by atoms with Gasteiger partial charge in [-0.2, -0.15) is 0 Å². The number of nitrogens with two attached hydrogens (primary N) is 1. The first-order valence-corrected chi connectivity index (χ1v) is 7.08.